The number of allylic oxidation sites excluding steroid dienone is 1. The number of oxime groups is 1. The predicted molar refractivity (Wildman–Crippen MR) is 170 cm³/mol. The first-order chi connectivity index (χ1) is 23.3. The fourth-order valence-electron chi connectivity index (χ4n) is 5.65. The number of nitrogen functional groups attached to an aromatic ring is 1. The molecular weight excluding hydrogens is 707 g/mol. The monoisotopic (exact) mass is 738 g/mol. The number of nitrogens with one attached hydrogen (secondary N) is 1. The number of amides is 4. The van der Waals surface area contributed by atoms with Crippen LogP contribution in [0.5, 0.6) is 0 Å². The predicted octanol–water partition coefficient (Wildman–Crippen LogP) is -3.90. The van der Waals surface area contributed by atoms with Crippen molar-refractivity contribution in [2.75, 3.05) is 37.7 Å². The Morgan fingerprint density at radius 2 is 2.02 bits per heavy atom. The van der Waals surface area contributed by atoms with E-state index in [0.29, 0.717) is 48.7 Å². The molecule has 18 nitrogen and oxygen atoms in total. The first-order valence-electron chi connectivity index (χ1n) is 14.8. The summed E-state index contributed by atoms with van der Waals surface area (Å²) in [5.41, 5.74) is 6.46. The number of hydrogen-bond donors (Lipinski definition) is 3. The number of nitrogens with zero attached hydrogens (tertiary/aromatic N) is 6. The largest absolute Gasteiger partial charge is 1.00 e. The molecular formula is C29H31N8NaO10S2. The summed E-state index contributed by atoms with van der Waals surface area (Å²) >= 11 is 2.07. The maximum atomic E-state index is 12.3. The minimum Gasteiger partial charge on any atom is -0.543 e. The fourth-order valence-corrected chi connectivity index (χ4v) is 7.42. The van der Waals surface area contributed by atoms with E-state index >= 15 is 0 Å². The minimum atomic E-state index is -1.50. The molecule has 0 radical (unpaired) electrons. The van der Waals surface area contributed by atoms with Gasteiger partial charge in [0.15, 0.2) is 11.7 Å². The molecule has 3 atom stereocenters. The standard InChI is InChI=1S/C16H20N2O5.C13H12N6O5S2.Na/c1-10-3-6-18(15(10)20)12-4-5-17(8-12)16(21)22-9-13-11(2)7-14(19)23-13;1-2-4-3-25-11-6(10(21)19(11)7(4)12(22)23)15-9(20)5(17-24)8-16-13(14)26-18-8;/h12H,1,3-9H2,2H3;2,6,11,24H,1,3H2,(H,15,20)(H,22,23)(H2,14,16,18);/q;;+1/p-1/b;17-5-;/t12-;6-,11-;/m11./s1. The van der Waals surface area contributed by atoms with Crippen molar-refractivity contribution in [2.24, 2.45) is 5.16 Å². The van der Waals surface area contributed by atoms with Gasteiger partial charge in [-0.05, 0) is 30.9 Å². The first-order valence-corrected chi connectivity index (χ1v) is 16.6. The summed E-state index contributed by atoms with van der Waals surface area (Å²) in [6.07, 6.45) is 2.59. The molecule has 4 amide bonds. The van der Waals surface area contributed by atoms with Gasteiger partial charge in [-0.3, -0.25) is 24.1 Å². The molecule has 6 rings (SSSR count). The SMILES string of the molecule is C=C1CCN([C@@H]2CCN(C(=O)OCC3=C(C)CC(=O)O3)C2)C1=O.C=CC1=C(C(=O)[O-])N2C(=O)[C@@H](NC(=O)/C(=N\O)c3nsc(N)n3)[C@H]2SC1.[Na+]. The molecule has 0 aromatic carbocycles. The summed E-state index contributed by atoms with van der Waals surface area (Å²) in [7, 11) is 0. The Morgan fingerprint density at radius 3 is 2.58 bits per heavy atom. The van der Waals surface area contributed by atoms with Gasteiger partial charge in [-0.25, -0.2) is 4.79 Å². The van der Waals surface area contributed by atoms with Crippen LogP contribution < -0.4 is 45.7 Å². The van der Waals surface area contributed by atoms with E-state index in [9.17, 15) is 33.9 Å². The molecule has 3 saturated heterocycles. The molecule has 0 saturated carbocycles. The number of hydrogen-bond acceptors (Lipinski definition) is 16. The van der Waals surface area contributed by atoms with Crippen LogP contribution in [0, 0.1) is 0 Å². The van der Waals surface area contributed by atoms with Crippen molar-refractivity contribution in [1.29, 1.82) is 0 Å². The molecule has 0 spiro atoms. The van der Waals surface area contributed by atoms with Gasteiger partial charge < -0.3 is 45.4 Å². The Kier molecular flexibility index (Phi) is 12.5. The van der Waals surface area contributed by atoms with Crippen LogP contribution in [0.4, 0.5) is 9.93 Å². The van der Waals surface area contributed by atoms with Crippen LogP contribution in [-0.4, -0.2) is 120 Å². The molecule has 1 aromatic heterocycles. The van der Waals surface area contributed by atoms with E-state index in [2.05, 4.69) is 33.0 Å². The summed E-state index contributed by atoms with van der Waals surface area (Å²) in [5.74, 6) is -2.82. The van der Waals surface area contributed by atoms with Gasteiger partial charge in [0.05, 0.1) is 24.1 Å². The number of β-lactam (4-membered cyclic amide) rings is 1. The normalized spacial score (nSPS) is 23.1. The van der Waals surface area contributed by atoms with Crippen LogP contribution in [0.1, 0.15) is 32.0 Å². The van der Waals surface area contributed by atoms with Gasteiger partial charge in [0.2, 0.25) is 17.4 Å². The number of likely N-dealkylation sites (tertiary alicyclic amines) is 2. The second-order valence-electron chi connectivity index (χ2n) is 11.3. The van der Waals surface area contributed by atoms with E-state index in [0.717, 1.165) is 28.4 Å². The zero-order chi connectivity index (χ0) is 35.6. The molecule has 6 heterocycles. The molecule has 0 bridgehead atoms. The van der Waals surface area contributed by atoms with Crippen molar-refractivity contribution in [3.63, 3.8) is 0 Å². The number of rotatable bonds is 8. The van der Waals surface area contributed by atoms with Gasteiger partial charge >= 0.3 is 41.6 Å². The molecule has 21 heteroatoms. The Bertz CT molecular complexity index is 1740. The summed E-state index contributed by atoms with van der Waals surface area (Å²) in [6.45, 7) is 10.7. The number of esters is 1. The van der Waals surface area contributed by atoms with Crippen molar-refractivity contribution in [1.82, 2.24) is 29.4 Å². The van der Waals surface area contributed by atoms with E-state index in [-0.39, 0.29) is 77.2 Å². The van der Waals surface area contributed by atoms with Crippen LogP contribution in [0.15, 0.2) is 52.6 Å². The molecule has 5 aliphatic heterocycles. The quantitative estimate of drug-likeness (QED) is 0.0439. The molecule has 1 aromatic rings. The van der Waals surface area contributed by atoms with Crippen LogP contribution >= 0.6 is 23.3 Å². The van der Waals surface area contributed by atoms with Crippen LogP contribution in [0.25, 0.3) is 0 Å². The Balaban J connectivity index is 0.000000222. The zero-order valence-corrected chi connectivity index (χ0v) is 30.7. The molecule has 50 heavy (non-hydrogen) atoms. The number of thioether (sulfide) groups is 1. The zero-order valence-electron chi connectivity index (χ0n) is 27.1. The molecule has 5 aliphatic rings. The number of carboxylic acids is 1. The number of carboxylic acid groups (broad SMARTS) is 1. The molecule has 260 valence electrons. The number of carbonyl (C=O) groups is 6. The van der Waals surface area contributed by atoms with Crippen LogP contribution in [0.2, 0.25) is 0 Å². The van der Waals surface area contributed by atoms with E-state index in [1.54, 1.807) is 16.7 Å². The van der Waals surface area contributed by atoms with E-state index < -0.39 is 41.0 Å². The third kappa shape index (κ3) is 7.88. The average Bonchev–Trinajstić information content (AvgIpc) is 3.87. The summed E-state index contributed by atoms with van der Waals surface area (Å²) in [5, 5.41) is 25.1. The van der Waals surface area contributed by atoms with Crippen molar-refractivity contribution >= 4 is 69.9 Å². The molecule has 0 unspecified atom stereocenters. The fraction of sp³-hybridized carbons (Fsp3) is 0.414. The van der Waals surface area contributed by atoms with E-state index in [1.165, 1.54) is 17.8 Å². The summed E-state index contributed by atoms with van der Waals surface area (Å²) in [4.78, 5) is 79.4. The number of aliphatic carboxylic acids is 1. The maximum absolute atomic E-state index is 12.3. The number of cyclic esters (lactones) is 1. The van der Waals surface area contributed by atoms with Crippen LogP contribution in [0.3, 0.4) is 0 Å². The van der Waals surface area contributed by atoms with Crippen LogP contribution in [-0.2, 0) is 33.4 Å². The van der Waals surface area contributed by atoms with E-state index in [1.807, 2.05) is 0 Å². The second kappa shape index (κ2) is 16.2. The van der Waals surface area contributed by atoms with Gasteiger partial charge in [-0.2, -0.15) is 9.36 Å². The van der Waals surface area contributed by atoms with Gasteiger partial charge in [0.25, 0.3) is 11.8 Å². The molecule has 4 N–H and O–H groups in total. The van der Waals surface area contributed by atoms with Crippen molar-refractivity contribution < 1.29 is 78.1 Å². The molecule has 0 aliphatic carbocycles. The third-order valence-corrected chi connectivity index (χ3v) is 10.1. The Labute approximate surface area is 315 Å². The van der Waals surface area contributed by atoms with Gasteiger partial charge in [0, 0.05) is 42.5 Å². The summed E-state index contributed by atoms with van der Waals surface area (Å²) < 4.78 is 14.0. The number of aromatic nitrogens is 2. The van der Waals surface area contributed by atoms with Crippen molar-refractivity contribution in [3.05, 3.63) is 53.2 Å². The number of carbonyl (C=O) groups excluding carboxylic acids is 6. The Hall–Kier alpha value is -4.24. The average molecular weight is 739 g/mol. The smallest absolute Gasteiger partial charge is 0.543 e. The second-order valence-corrected chi connectivity index (χ2v) is 13.2. The Morgan fingerprint density at radius 1 is 1.28 bits per heavy atom. The van der Waals surface area contributed by atoms with Gasteiger partial charge in [-0.1, -0.05) is 24.4 Å². The third-order valence-electron chi connectivity index (χ3n) is 8.22. The van der Waals surface area contributed by atoms with E-state index in [4.69, 9.17) is 20.4 Å². The first kappa shape index (κ1) is 38.6. The van der Waals surface area contributed by atoms with Crippen molar-refractivity contribution in [2.45, 2.75) is 43.6 Å². The van der Waals surface area contributed by atoms with Gasteiger partial charge in [0.1, 0.15) is 17.2 Å². The number of anilines is 1. The van der Waals surface area contributed by atoms with Gasteiger partial charge in [-0.15, -0.1) is 11.8 Å². The van der Waals surface area contributed by atoms with Crippen molar-refractivity contribution in [3.8, 4) is 0 Å². The molecule has 3 fully saturated rings. The minimum absolute atomic E-state index is 0. The number of fused-ring (bicyclic) bond motifs is 1. The number of nitrogens with two attached hydrogens (primary N) is 1. The summed E-state index contributed by atoms with van der Waals surface area (Å²) in [6, 6.07) is -0.972. The topological polar surface area (TPSA) is 250 Å². The number of ether oxygens (including phenoxy) is 2. The maximum Gasteiger partial charge on any atom is 1.00 e.